The van der Waals surface area contributed by atoms with Gasteiger partial charge < -0.3 is 10.0 Å². The lowest BCUT2D eigenvalue weighted by atomic mass is 9.88. The van der Waals surface area contributed by atoms with Crippen molar-refractivity contribution in [1.82, 2.24) is 0 Å². The molecule has 0 bridgehead atoms. The minimum absolute atomic E-state index is 0.0840. The van der Waals surface area contributed by atoms with Gasteiger partial charge in [-0.15, -0.1) is 0 Å². The van der Waals surface area contributed by atoms with Crippen LogP contribution in [0.1, 0.15) is 27.2 Å². The molecule has 0 aliphatic rings. The first-order valence-corrected chi connectivity index (χ1v) is 5.45. The molecule has 3 heteroatoms. The van der Waals surface area contributed by atoms with E-state index < -0.39 is 0 Å². The molecule has 1 amide bonds. The fourth-order valence-electron chi connectivity index (χ4n) is 1.40. The maximum Gasteiger partial charge on any atom is 0.232 e. The van der Waals surface area contributed by atoms with Crippen LogP contribution in [0.5, 0.6) is 5.75 Å². The number of carbonyl (C=O) groups excluding carboxylic acids is 1. The summed E-state index contributed by atoms with van der Waals surface area (Å²) < 4.78 is 0. The molecule has 0 aromatic heterocycles. The minimum Gasteiger partial charge on any atom is -0.508 e. The van der Waals surface area contributed by atoms with Gasteiger partial charge in [-0.1, -0.05) is 20.8 Å². The molecule has 0 saturated carbocycles. The molecule has 0 radical (unpaired) electrons. The molecule has 0 fully saturated rings. The third-order valence-corrected chi connectivity index (χ3v) is 3.00. The average Bonchev–Trinajstić information content (AvgIpc) is 2.28. The lowest BCUT2D eigenvalue weighted by molar-refractivity contribution is -0.126. The highest BCUT2D eigenvalue weighted by Gasteiger charge is 2.28. The van der Waals surface area contributed by atoms with Crippen molar-refractivity contribution in [2.75, 3.05) is 11.9 Å². The van der Waals surface area contributed by atoms with Crippen molar-refractivity contribution in [2.24, 2.45) is 5.41 Å². The van der Waals surface area contributed by atoms with Gasteiger partial charge in [0.05, 0.1) is 0 Å². The molecule has 0 heterocycles. The Morgan fingerprint density at radius 1 is 1.31 bits per heavy atom. The molecule has 0 saturated heterocycles. The number of rotatable bonds is 3. The van der Waals surface area contributed by atoms with Crippen molar-refractivity contribution in [3.8, 4) is 5.75 Å². The molecular formula is C13H19NO2. The second-order valence-corrected chi connectivity index (χ2v) is 4.62. The van der Waals surface area contributed by atoms with E-state index >= 15 is 0 Å². The van der Waals surface area contributed by atoms with Crippen LogP contribution in [0, 0.1) is 5.41 Å². The quantitative estimate of drug-likeness (QED) is 0.852. The first kappa shape index (κ1) is 12.6. The van der Waals surface area contributed by atoms with E-state index in [4.69, 9.17) is 0 Å². The number of hydrogen-bond acceptors (Lipinski definition) is 2. The third kappa shape index (κ3) is 2.54. The Kier molecular flexibility index (Phi) is 3.58. The number of aromatic hydroxyl groups is 1. The molecule has 16 heavy (non-hydrogen) atoms. The number of amides is 1. The summed E-state index contributed by atoms with van der Waals surface area (Å²) in [7, 11) is 1.76. The molecule has 0 unspecified atom stereocenters. The molecule has 0 aliphatic carbocycles. The Labute approximate surface area is 96.7 Å². The third-order valence-electron chi connectivity index (χ3n) is 3.00. The number of phenols is 1. The van der Waals surface area contributed by atoms with Crippen molar-refractivity contribution in [1.29, 1.82) is 0 Å². The highest BCUT2D eigenvalue weighted by atomic mass is 16.3. The fraction of sp³-hybridized carbons (Fsp3) is 0.462. The van der Waals surface area contributed by atoms with Gasteiger partial charge >= 0.3 is 0 Å². The second kappa shape index (κ2) is 4.56. The van der Waals surface area contributed by atoms with Gasteiger partial charge in [0.15, 0.2) is 0 Å². The number of benzene rings is 1. The monoisotopic (exact) mass is 221 g/mol. The maximum atomic E-state index is 12.1. The summed E-state index contributed by atoms with van der Waals surface area (Å²) in [5.41, 5.74) is 0.441. The average molecular weight is 221 g/mol. The molecule has 1 rings (SSSR count). The predicted octanol–water partition coefficient (Wildman–Crippen LogP) is 2.79. The summed E-state index contributed by atoms with van der Waals surface area (Å²) in [6.45, 7) is 5.88. The molecule has 1 aromatic rings. The van der Waals surface area contributed by atoms with Crippen LogP contribution in [0.15, 0.2) is 24.3 Å². The van der Waals surface area contributed by atoms with E-state index in [0.29, 0.717) is 0 Å². The first-order chi connectivity index (χ1) is 7.38. The molecule has 0 atom stereocenters. The SMILES string of the molecule is CCC(C)(C)C(=O)N(C)c1ccc(O)cc1. The minimum atomic E-state index is -0.355. The van der Waals surface area contributed by atoms with E-state index in [9.17, 15) is 9.90 Å². The van der Waals surface area contributed by atoms with Crippen LogP contribution in [0.2, 0.25) is 0 Å². The zero-order valence-corrected chi connectivity index (χ0v) is 10.3. The number of nitrogens with zero attached hydrogens (tertiary/aromatic N) is 1. The van der Waals surface area contributed by atoms with E-state index in [0.717, 1.165) is 12.1 Å². The van der Waals surface area contributed by atoms with Gasteiger partial charge in [-0.25, -0.2) is 0 Å². The van der Waals surface area contributed by atoms with E-state index in [-0.39, 0.29) is 17.1 Å². The van der Waals surface area contributed by atoms with Gasteiger partial charge in [0.1, 0.15) is 5.75 Å². The van der Waals surface area contributed by atoms with E-state index in [1.54, 1.807) is 36.2 Å². The van der Waals surface area contributed by atoms with Gasteiger partial charge in [-0.2, -0.15) is 0 Å². The van der Waals surface area contributed by atoms with E-state index in [1.165, 1.54) is 0 Å². The second-order valence-electron chi connectivity index (χ2n) is 4.62. The standard InChI is InChI=1S/C13H19NO2/c1-5-13(2,3)12(16)14(4)10-6-8-11(15)9-7-10/h6-9,15H,5H2,1-4H3. The number of phenolic OH excluding ortho intramolecular Hbond substituents is 1. The maximum absolute atomic E-state index is 12.1. The van der Waals surface area contributed by atoms with Gasteiger partial charge in [-0.05, 0) is 30.7 Å². The summed E-state index contributed by atoms with van der Waals surface area (Å²) in [6.07, 6.45) is 0.800. The Hall–Kier alpha value is -1.51. The van der Waals surface area contributed by atoms with Crippen molar-refractivity contribution in [2.45, 2.75) is 27.2 Å². The van der Waals surface area contributed by atoms with Crippen molar-refractivity contribution >= 4 is 11.6 Å². The highest BCUT2D eigenvalue weighted by Crippen LogP contribution is 2.26. The van der Waals surface area contributed by atoms with Crippen LogP contribution in [-0.2, 0) is 4.79 Å². The molecule has 0 aliphatic heterocycles. The van der Waals surface area contributed by atoms with Gasteiger partial charge in [-0.3, -0.25) is 4.79 Å². The van der Waals surface area contributed by atoms with Crippen LogP contribution in [0.25, 0.3) is 0 Å². The Bertz CT molecular complexity index is 368. The molecule has 0 spiro atoms. The lowest BCUT2D eigenvalue weighted by Gasteiger charge is -2.28. The van der Waals surface area contributed by atoms with Crippen LogP contribution < -0.4 is 4.90 Å². The van der Waals surface area contributed by atoms with Crippen molar-refractivity contribution in [3.05, 3.63) is 24.3 Å². The summed E-state index contributed by atoms with van der Waals surface area (Å²) in [6, 6.07) is 6.63. The zero-order valence-electron chi connectivity index (χ0n) is 10.3. The molecule has 1 aromatic carbocycles. The van der Waals surface area contributed by atoms with E-state index in [1.807, 2.05) is 20.8 Å². The molecular weight excluding hydrogens is 202 g/mol. The van der Waals surface area contributed by atoms with Gasteiger partial charge in [0, 0.05) is 18.2 Å². The summed E-state index contributed by atoms with van der Waals surface area (Å²) in [5, 5.41) is 9.18. The van der Waals surface area contributed by atoms with Crippen molar-refractivity contribution < 1.29 is 9.90 Å². The lowest BCUT2D eigenvalue weighted by Crippen LogP contribution is -2.38. The number of anilines is 1. The van der Waals surface area contributed by atoms with Gasteiger partial charge in [0.25, 0.3) is 0 Å². The Morgan fingerprint density at radius 3 is 2.25 bits per heavy atom. The van der Waals surface area contributed by atoms with Crippen molar-refractivity contribution in [3.63, 3.8) is 0 Å². The zero-order chi connectivity index (χ0) is 12.3. The van der Waals surface area contributed by atoms with E-state index in [2.05, 4.69) is 0 Å². The first-order valence-electron chi connectivity index (χ1n) is 5.45. The topological polar surface area (TPSA) is 40.5 Å². The van der Waals surface area contributed by atoms with Crippen LogP contribution in [0.3, 0.4) is 0 Å². The Balaban J connectivity index is 2.90. The molecule has 3 nitrogen and oxygen atoms in total. The highest BCUT2D eigenvalue weighted by molar-refractivity contribution is 5.96. The summed E-state index contributed by atoms with van der Waals surface area (Å²) >= 11 is 0. The number of carbonyl (C=O) groups is 1. The fourth-order valence-corrected chi connectivity index (χ4v) is 1.40. The number of hydrogen-bond donors (Lipinski definition) is 1. The summed E-state index contributed by atoms with van der Waals surface area (Å²) in [4.78, 5) is 13.8. The van der Waals surface area contributed by atoms with Gasteiger partial charge in [0.2, 0.25) is 5.91 Å². The summed E-state index contributed by atoms with van der Waals surface area (Å²) in [5.74, 6) is 0.292. The van der Waals surface area contributed by atoms with Crippen LogP contribution in [-0.4, -0.2) is 18.1 Å². The predicted molar refractivity (Wildman–Crippen MR) is 65.6 cm³/mol. The van der Waals surface area contributed by atoms with Crippen LogP contribution in [0.4, 0.5) is 5.69 Å². The smallest absolute Gasteiger partial charge is 0.232 e. The Morgan fingerprint density at radius 2 is 1.81 bits per heavy atom. The largest absolute Gasteiger partial charge is 0.508 e. The van der Waals surface area contributed by atoms with Crippen LogP contribution >= 0.6 is 0 Å². The molecule has 1 N–H and O–H groups in total. The molecule has 88 valence electrons. The normalized spacial score (nSPS) is 11.2.